The number of furan rings is 1. The summed E-state index contributed by atoms with van der Waals surface area (Å²) in [4.78, 5) is 0. The summed E-state index contributed by atoms with van der Waals surface area (Å²) in [5.74, 6) is 0. The Morgan fingerprint density at radius 3 is 2.43 bits per heavy atom. The Morgan fingerprint density at radius 1 is 1.04 bits per heavy atom. The van der Waals surface area contributed by atoms with Crippen molar-refractivity contribution in [3.8, 4) is 0 Å². The molecule has 2 aliphatic carbocycles. The average Bonchev–Trinajstić information content (AvgIpc) is 3.18. The van der Waals surface area contributed by atoms with Crippen molar-refractivity contribution < 1.29 is 29.1 Å². The average molecular weight is 397 g/mol. The van der Waals surface area contributed by atoms with Crippen molar-refractivity contribution in [1.29, 1.82) is 0 Å². The van der Waals surface area contributed by atoms with E-state index in [4.69, 9.17) is 4.42 Å². The Hall–Kier alpha value is -0.920. The van der Waals surface area contributed by atoms with Gasteiger partial charge in [-0.3, -0.25) is 0 Å². The van der Waals surface area contributed by atoms with Crippen molar-refractivity contribution in [2.75, 3.05) is 0 Å². The molecule has 2 atom stereocenters. The van der Waals surface area contributed by atoms with Crippen molar-refractivity contribution in [2.24, 2.45) is 0 Å². The molecule has 2 aromatic rings. The van der Waals surface area contributed by atoms with Crippen LogP contribution in [-0.4, -0.2) is 8.07 Å². The molecule has 1 aromatic carbocycles. The molecular formula is C20H21OSiZr. The molecule has 0 saturated carbocycles. The van der Waals surface area contributed by atoms with Crippen LogP contribution in [0.25, 0.3) is 11.3 Å². The summed E-state index contributed by atoms with van der Waals surface area (Å²) in [5.41, 5.74) is 9.75. The molecule has 1 nitrogen and oxygen atoms in total. The summed E-state index contributed by atoms with van der Waals surface area (Å²) in [6.45, 7) is 9.41. The van der Waals surface area contributed by atoms with Crippen LogP contribution < -0.4 is 0 Å². The Labute approximate surface area is 154 Å². The van der Waals surface area contributed by atoms with Gasteiger partial charge in [-0.1, -0.05) is 18.7 Å². The van der Waals surface area contributed by atoms with E-state index in [1.165, 1.54) is 27.8 Å². The second kappa shape index (κ2) is 5.29. The minimum atomic E-state index is -1.04. The first-order valence-corrected chi connectivity index (χ1v) is 12.7. The number of hydrogen-bond donors (Lipinski definition) is 0. The van der Waals surface area contributed by atoms with Crippen LogP contribution in [0.5, 0.6) is 0 Å². The summed E-state index contributed by atoms with van der Waals surface area (Å²) < 4.78 is 5.94. The van der Waals surface area contributed by atoms with Gasteiger partial charge in [0.05, 0.1) is 20.6 Å². The minimum absolute atomic E-state index is 0.721. The fourth-order valence-electron chi connectivity index (χ4n) is 4.65. The molecule has 6 rings (SSSR count). The van der Waals surface area contributed by atoms with Crippen LogP contribution in [0.15, 0.2) is 52.4 Å². The van der Waals surface area contributed by atoms with Gasteiger partial charge in [0, 0.05) is 16.7 Å². The molecule has 0 radical (unpaired) electrons. The summed E-state index contributed by atoms with van der Waals surface area (Å²) in [5, 5.41) is 1.66. The molecule has 0 amide bonds. The molecule has 3 heteroatoms. The quantitative estimate of drug-likeness (QED) is 0.525. The van der Waals surface area contributed by atoms with E-state index in [-0.39, 0.29) is 0 Å². The van der Waals surface area contributed by atoms with Crippen molar-refractivity contribution in [3.63, 3.8) is 0 Å². The predicted octanol–water partition coefficient (Wildman–Crippen LogP) is 5.64. The maximum atomic E-state index is 5.22. The van der Waals surface area contributed by atoms with Gasteiger partial charge < -0.3 is 4.42 Å². The molecule has 4 aliphatic rings. The van der Waals surface area contributed by atoms with Gasteiger partial charge in [0.1, 0.15) is 0 Å². The van der Waals surface area contributed by atoms with Gasteiger partial charge >= 0.3 is 82.3 Å². The molecule has 1 aromatic heterocycles. The SMILES string of the molecule is CC1=C2c3cocc3C1[Si]2(C)C.CC1=Cc2ccccc2[CH]1[Zr]. The van der Waals surface area contributed by atoms with Crippen molar-refractivity contribution in [2.45, 2.75) is 36.1 Å². The van der Waals surface area contributed by atoms with E-state index < -0.39 is 8.07 Å². The molecule has 2 aliphatic heterocycles. The molecule has 0 N–H and O–H groups in total. The van der Waals surface area contributed by atoms with Gasteiger partial charge in [0.2, 0.25) is 0 Å². The molecule has 2 bridgehead atoms. The topological polar surface area (TPSA) is 13.1 Å². The van der Waals surface area contributed by atoms with Gasteiger partial charge in [-0.2, -0.15) is 0 Å². The third-order valence-corrected chi connectivity index (χ3v) is 11.6. The Balaban J connectivity index is 0.000000118. The summed E-state index contributed by atoms with van der Waals surface area (Å²) in [6, 6.07) is 8.67. The fourth-order valence-corrected chi connectivity index (χ4v) is 9.85. The normalized spacial score (nSPS) is 25.1. The molecule has 115 valence electrons. The molecule has 0 saturated heterocycles. The third kappa shape index (κ3) is 2.13. The van der Waals surface area contributed by atoms with E-state index in [0.717, 1.165) is 9.17 Å². The monoisotopic (exact) mass is 395 g/mol. The van der Waals surface area contributed by atoms with Gasteiger partial charge in [0.15, 0.2) is 0 Å². The summed E-state index contributed by atoms with van der Waals surface area (Å²) in [6.07, 6.45) is 6.17. The van der Waals surface area contributed by atoms with Gasteiger partial charge in [-0.15, -0.1) is 0 Å². The Morgan fingerprint density at radius 2 is 1.78 bits per heavy atom. The van der Waals surface area contributed by atoms with E-state index in [0.29, 0.717) is 0 Å². The number of rotatable bonds is 0. The molecule has 0 fully saturated rings. The van der Waals surface area contributed by atoms with E-state index in [1.54, 1.807) is 35.5 Å². The van der Waals surface area contributed by atoms with Crippen LogP contribution in [0.2, 0.25) is 13.1 Å². The summed E-state index contributed by atoms with van der Waals surface area (Å²) >= 11 is 1.60. The van der Waals surface area contributed by atoms with E-state index in [2.05, 4.69) is 57.3 Å². The first kappa shape index (κ1) is 15.6. The van der Waals surface area contributed by atoms with Gasteiger partial charge in [-0.05, 0) is 12.1 Å². The zero-order chi connectivity index (χ0) is 16.4. The summed E-state index contributed by atoms with van der Waals surface area (Å²) in [7, 11) is -1.04. The second-order valence-electron chi connectivity index (χ2n) is 7.40. The Bertz CT molecular complexity index is 856. The molecule has 3 heterocycles. The molecule has 0 spiro atoms. The number of benzene rings is 1. The van der Waals surface area contributed by atoms with E-state index >= 15 is 0 Å². The van der Waals surface area contributed by atoms with Crippen molar-refractivity contribution in [1.82, 2.24) is 0 Å². The van der Waals surface area contributed by atoms with E-state index in [9.17, 15) is 0 Å². The van der Waals surface area contributed by atoms with Crippen LogP contribution >= 0.6 is 0 Å². The standard InChI is InChI=1S/C10H12OSi.C10H9.Zr/c1-6-9-7-4-11-5-8(7)10(6)12(9,2)3;1-8-6-9-4-2-3-5-10(9)7-8;/h4-5,9H,1-3H3;2-7H,1H3;. The zero-order valence-electron chi connectivity index (χ0n) is 14.1. The van der Waals surface area contributed by atoms with Crippen LogP contribution in [0, 0.1) is 0 Å². The zero-order valence-corrected chi connectivity index (χ0v) is 17.6. The number of hydrogen-bond acceptors (Lipinski definition) is 1. The fraction of sp³-hybridized carbons (Fsp3) is 0.300. The van der Waals surface area contributed by atoms with Crippen LogP contribution in [-0.2, 0) is 24.7 Å². The van der Waals surface area contributed by atoms with E-state index in [1.807, 2.05) is 12.5 Å². The first-order valence-electron chi connectivity index (χ1n) is 8.19. The predicted molar refractivity (Wildman–Crippen MR) is 94.4 cm³/mol. The molecule has 2 unspecified atom stereocenters. The second-order valence-corrected chi connectivity index (χ2v) is 13.3. The molecule has 23 heavy (non-hydrogen) atoms. The van der Waals surface area contributed by atoms with Crippen LogP contribution in [0.1, 0.15) is 45.3 Å². The third-order valence-electron chi connectivity index (χ3n) is 5.61. The van der Waals surface area contributed by atoms with Crippen LogP contribution in [0.3, 0.4) is 0 Å². The van der Waals surface area contributed by atoms with Crippen molar-refractivity contribution >= 4 is 19.3 Å². The van der Waals surface area contributed by atoms with Crippen LogP contribution in [0.4, 0.5) is 0 Å². The maximum absolute atomic E-state index is 5.22. The first-order chi connectivity index (χ1) is 10.9. The van der Waals surface area contributed by atoms with Gasteiger partial charge in [-0.25, -0.2) is 0 Å². The van der Waals surface area contributed by atoms with Crippen molar-refractivity contribution in [3.05, 3.63) is 70.2 Å². The Kier molecular flexibility index (Phi) is 3.59. The number of fused-ring (bicyclic) bond motifs is 1. The molecular weight excluding hydrogens is 376 g/mol. The van der Waals surface area contributed by atoms with Gasteiger partial charge in [0.25, 0.3) is 0 Å². The number of allylic oxidation sites excluding steroid dienone is 2.